The molecule has 0 bridgehead atoms. The molecule has 3 rings (SSSR count). The first-order valence-corrected chi connectivity index (χ1v) is 7.28. The molecule has 1 heterocycles. The Morgan fingerprint density at radius 2 is 1.62 bits per heavy atom. The van der Waals surface area contributed by atoms with Crippen LogP contribution < -0.4 is 10.3 Å². The number of aromatic nitrogens is 2. The quantitative estimate of drug-likeness (QED) is 0.538. The van der Waals surface area contributed by atoms with Gasteiger partial charge in [-0.3, -0.25) is 20.0 Å². The topological polar surface area (TPSA) is 70.2 Å². The van der Waals surface area contributed by atoms with Gasteiger partial charge in [0.05, 0.1) is 16.9 Å². The Labute approximate surface area is 144 Å². The molecule has 0 atom stereocenters. The van der Waals surface area contributed by atoms with Crippen LogP contribution >= 0.6 is 0 Å². The van der Waals surface area contributed by atoms with Gasteiger partial charge in [-0.05, 0) is 48.5 Å². The third-order valence-corrected chi connectivity index (χ3v) is 3.36. The van der Waals surface area contributed by atoms with Crippen LogP contribution in [-0.2, 0) is 0 Å². The normalized spacial score (nSPS) is 11.8. The minimum atomic E-state index is -4.77. The van der Waals surface area contributed by atoms with Crippen LogP contribution in [0.4, 0.5) is 23.2 Å². The third kappa shape index (κ3) is 4.18. The van der Waals surface area contributed by atoms with Crippen molar-refractivity contribution < 1.29 is 22.3 Å². The summed E-state index contributed by atoms with van der Waals surface area (Å²) < 4.78 is 53.2. The van der Waals surface area contributed by atoms with Crippen molar-refractivity contribution in [1.29, 1.82) is 0 Å². The molecular weight excluding hydrogens is 354 g/mol. The van der Waals surface area contributed by atoms with Gasteiger partial charge in [0.25, 0.3) is 5.56 Å². The molecule has 0 spiro atoms. The van der Waals surface area contributed by atoms with Gasteiger partial charge in [0.15, 0.2) is 0 Å². The van der Waals surface area contributed by atoms with Crippen LogP contribution in [0.3, 0.4) is 0 Å². The predicted octanol–water partition coefficient (Wildman–Crippen LogP) is 4.16. The standard InChI is InChI=1S/C17H11F4N3O2/c18-11-3-1-10(2-4-11)15-14(16(25)24-23-15)9-22-12-5-7-13(8-6-12)26-17(19,20)21/h1-9H,(H2,23,24,25). The highest BCUT2D eigenvalue weighted by atomic mass is 19.4. The molecule has 0 saturated carbocycles. The number of nitrogens with one attached hydrogen (secondary N) is 2. The number of benzene rings is 2. The predicted molar refractivity (Wildman–Crippen MR) is 87.2 cm³/mol. The zero-order valence-corrected chi connectivity index (χ0v) is 13.0. The van der Waals surface area contributed by atoms with Crippen LogP contribution in [0.1, 0.15) is 5.56 Å². The molecule has 1 aromatic heterocycles. The van der Waals surface area contributed by atoms with E-state index in [2.05, 4.69) is 19.9 Å². The number of aromatic amines is 2. The molecule has 0 saturated heterocycles. The molecule has 0 fully saturated rings. The largest absolute Gasteiger partial charge is 0.573 e. The fourth-order valence-electron chi connectivity index (χ4n) is 2.21. The molecular formula is C17H11F4N3O2. The zero-order chi connectivity index (χ0) is 18.7. The summed E-state index contributed by atoms with van der Waals surface area (Å²) in [4.78, 5) is 16.0. The summed E-state index contributed by atoms with van der Waals surface area (Å²) in [5, 5.41) is 5.10. The summed E-state index contributed by atoms with van der Waals surface area (Å²) in [5.41, 5.74) is 1.07. The lowest BCUT2D eigenvalue weighted by Crippen LogP contribution is -2.16. The lowest BCUT2D eigenvalue weighted by Gasteiger charge is -2.08. The van der Waals surface area contributed by atoms with Gasteiger partial charge in [0, 0.05) is 11.8 Å². The summed E-state index contributed by atoms with van der Waals surface area (Å²) in [6.45, 7) is 0. The van der Waals surface area contributed by atoms with E-state index in [9.17, 15) is 22.4 Å². The number of ether oxygens (including phenoxy) is 1. The Balaban J connectivity index is 1.84. The van der Waals surface area contributed by atoms with E-state index in [0.717, 1.165) is 12.1 Å². The molecule has 0 amide bonds. The Kier molecular flexibility index (Phi) is 4.61. The molecule has 26 heavy (non-hydrogen) atoms. The molecule has 134 valence electrons. The fraction of sp³-hybridized carbons (Fsp3) is 0.0588. The van der Waals surface area contributed by atoms with E-state index in [4.69, 9.17) is 0 Å². The Morgan fingerprint density at radius 3 is 2.23 bits per heavy atom. The lowest BCUT2D eigenvalue weighted by atomic mass is 10.1. The first kappa shape index (κ1) is 17.5. The van der Waals surface area contributed by atoms with Crippen LogP contribution in [0, 0.1) is 5.82 Å². The van der Waals surface area contributed by atoms with Crippen molar-refractivity contribution in [3.05, 3.63) is 70.3 Å². The summed E-state index contributed by atoms with van der Waals surface area (Å²) in [5.74, 6) is -0.786. The fourth-order valence-corrected chi connectivity index (χ4v) is 2.21. The summed E-state index contributed by atoms with van der Waals surface area (Å²) >= 11 is 0. The van der Waals surface area contributed by atoms with E-state index >= 15 is 0 Å². The van der Waals surface area contributed by atoms with Crippen molar-refractivity contribution >= 4 is 11.9 Å². The molecule has 9 heteroatoms. The van der Waals surface area contributed by atoms with Gasteiger partial charge in [-0.15, -0.1) is 13.2 Å². The highest BCUT2D eigenvalue weighted by Crippen LogP contribution is 2.25. The van der Waals surface area contributed by atoms with Crippen molar-refractivity contribution in [1.82, 2.24) is 10.2 Å². The number of halogens is 4. The highest BCUT2D eigenvalue weighted by Gasteiger charge is 2.30. The summed E-state index contributed by atoms with van der Waals surface area (Å²) in [7, 11) is 0. The second-order valence-corrected chi connectivity index (χ2v) is 5.17. The van der Waals surface area contributed by atoms with Crippen molar-refractivity contribution in [2.24, 2.45) is 4.99 Å². The van der Waals surface area contributed by atoms with Gasteiger partial charge in [-0.25, -0.2) is 4.39 Å². The molecule has 2 aromatic carbocycles. The monoisotopic (exact) mass is 365 g/mol. The maximum absolute atomic E-state index is 13.0. The van der Waals surface area contributed by atoms with Crippen LogP contribution in [-0.4, -0.2) is 22.8 Å². The molecule has 0 aliphatic rings. The number of alkyl halides is 3. The maximum atomic E-state index is 13.0. The minimum absolute atomic E-state index is 0.201. The van der Waals surface area contributed by atoms with Gasteiger partial charge in [0.2, 0.25) is 0 Å². The summed E-state index contributed by atoms with van der Waals surface area (Å²) in [6.07, 6.45) is -3.50. The number of hydrogen-bond donors (Lipinski definition) is 2. The third-order valence-electron chi connectivity index (χ3n) is 3.36. The lowest BCUT2D eigenvalue weighted by molar-refractivity contribution is -0.274. The first-order valence-electron chi connectivity index (χ1n) is 7.28. The maximum Gasteiger partial charge on any atom is 0.573 e. The molecule has 0 radical (unpaired) electrons. The van der Waals surface area contributed by atoms with E-state index in [-0.39, 0.29) is 11.3 Å². The van der Waals surface area contributed by atoms with Crippen molar-refractivity contribution in [3.8, 4) is 17.0 Å². The molecule has 0 aliphatic carbocycles. The zero-order valence-electron chi connectivity index (χ0n) is 13.0. The van der Waals surface area contributed by atoms with E-state index in [1.807, 2.05) is 0 Å². The minimum Gasteiger partial charge on any atom is -0.406 e. The van der Waals surface area contributed by atoms with Gasteiger partial charge >= 0.3 is 6.36 Å². The number of hydrogen-bond acceptors (Lipinski definition) is 3. The molecule has 3 aromatic rings. The molecule has 0 aliphatic heterocycles. The van der Waals surface area contributed by atoms with Gasteiger partial charge in [-0.1, -0.05) is 0 Å². The van der Waals surface area contributed by atoms with E-state index in [0.29, 0.717) is 16.9 Å². The van der Waals surface area contributed by atoms with Crippen molar-refractivity contribution in [2.45, 2.75) is 6.36 Å². The average Bonchev–Trinajstić information content (AvgIpc) is 2.94. The number of rotatable bonds is 4. The van der Waals surface area contributed by atoms with Crippen LogP contribution in [0.2, 0.25) is 0 Å². The first-order chi connectivity index (χ1) is 12.3. The van der Waals surface area contributed by atoms with Crippen LogP contribution in [0.25, 0.3) is 11.3 Å². The Hall–Kier alpha value is -3.36. The van der Waals surface area contributed by atoms with Gasteiger partial charge in [0.1, 0.15) is 11.6 Å². The van der Waals surface area contributed by atoms with E-state index in [1.54, 1.807) is 0 Å². The second-order valence-electron chi connectivity index (χ2n) is 5.17. The smallest absolute Gasteiger partial charge is 0.406 e. The van der Waals surface area contributed by atoms with E-state index < -0.39 is 17.7 Å². The Bertz CT molecular complexity index is 971. The number of aliphatic imine (C=N–C) groups is 1. The summed E-state index contributed by atoms with van der Waals surface area (Å²) in [6, 6.07) is 10.3. The van der Waals surface area contributed by atoms with Gasteiger partial charge in [-0.2, -0.15) is 0 Å². The number of nitrogens with zero attached hydrogens (tertiary/aromatic N) is 1. The highest BCUT2D eigenvalue weighted by molar-refractivity contribution is 5.89. The average molecular weight is 365 g/mol. The molecule has 5 nitrogen and oxygen atoms in total. The Morgan fingerprint density at radius 1 is 0.962 bits per heavy atom. The van der Waals surface area contributed by atoms with Crippen molar-refractivity contribution in [3.63, 3.8) is 0 Å². The molecule has 2 N–H and O–H groups in total. The van der Waals surface area contributed by atoms with Crippen LogP contribution in [0.15, 0.2) is 58.3 Å². The SMILES string of the molecule is O=c1[nH][nH]c(-c2ccc(F)cc2)c1C=Nc1ccc(OC(F)(F)F)cc1. The van der Waals surface area contributed by atoms with Crippen molar-refractivity contribution in [2.75, 3.05) is 0 Å². The number of H-pyrrole nitrogens is 2. The van der Waals surface area contributed by atoms with E-state index in [1.165, 1.54) is 42.6 Å². The second kappa shape index (κ2) is 6.87. The molecule has 0 unspecified atom stereocenters. The van der Waals surface area contributed by atoms with Gasteiger partial charge < -0.3 is 4.74 Å². The van der Waals surface area contributed by atoms with Crippen LogP contribution in [0.5, 0.6) is 5.75 Å².